The van der Waals surface area contributed by atoms with Crippen LogP contribution in [0.1, 0.15) is 136 Å². The lowest BCUT2D eigenvalue weighted by Gasteiger charge is -2.40. The number of nitrogens with one attached hydrogen (secondary N) is 1. The van der Waals surface area contributed by atoms with Crippen molar-refractivity contribution >= 4 is 5.91 Å². The van der Waals surface area contributed by atoms with Gasteiger partial charge in [0.2, 0.25) is 5.91 Å². The average molecular weight is 576 g/mol. The number of hydrogen-bond acceptors (Lipinski definition) is 8. The quantitative estimate of drug-likeness (QED) is 0.0892. The summed E-state index contributed by atoms with van der Waals surface area (Å²) in [6.45, 7) is 3.67. The van der Waals surface area contributed by atoms with Crippen LogP contribution in [0, 0.1) is 0 Å². The Hall–Kier alpha value is -0.810. The van der Waals surface area contributed by atoms with Crippen molar-refractivity contribution in [1.29, 1.82) is 0 Å². The van der Waals surface area contributed by atoms with Gasteiger partial charge in [-0.2, -0.15) is 0 Å². The zero-order valence-corrected chi connectivity index (χ0v) is 25.4. The van der Waals surface area contributed by atoms with Crippen molar-refractivity contribution < 1.29 is 39.8 Å². The molecule has 0 saturated carbocycles. The molecular weight excluding hydrogens is 514 g/mol. The monoisotopic (exact) mass is 575 g/mol. The van der Waals surface area contributed by atoms with Crippen LogP contribution >= 0.6 is 0 Å². The van der Waals surface area contributed by atoms with Crippen LogP contribution in [0.2, 0.25) is 0 Å². The molecule has 1 heterocycles. The van der Waals surface area contributed by atoms with Crippen molar-refractivity contribution in [1.82, 2.24) is 5.32 Å². The van der Waals surface area contributed by atoms with E-state index in [1.54, 1.807) is 0 Å². The van der Waals surface area contributed by atoms with Crippen LogP contribution in [0.3, 0.4) is 0 Å². The van der Waals surface area contributed by atoms with E-state index in [1.165, 1.54) is 64.2 Å². The van der Waals surface area contributed by atoms with Gasteiger partial charge in [-0.3, -0.25) is 4.79 Å². The first kappa shape index (κ1) is 37.2. The van der Waals surface area contributed by atoms with Crippen LogP contribution in [0.5, 0.6) is 0 Å². The number of aliphatic hydroxyl groups excluding tert-OH is 5. The number of hydrogen-bond donors (Lipinski definition) is 6. The number of carbonyl (C=O) groups is 1. The van der Waals surface area contributed by atoms with Gasteiger partial charge >= 0.3 is 0 Å². The van der Waals surface area contributed by atoms with Crippen LogP contribution in [0.25, 0.3) is 0 Å². The Morgan fingerprint density at radius 2 is 1.25 bits per heavy atom. The summed E-state index contributed by atoms with van der Waals surface area (Å²) < 4.78 is 11.1. The summed E-state index contributed by atoms with van der Waals surface area (Å²) >= 11 is 0. The molecule has 1 rings (SSSR count). The molecule has 0 aromatic carbocycles. The summed E-state index contributed by atoms with van der Waals surface area (Å²) in [6.07, 6.45) is 13.1. The zero-order chi connectivity index (χ0) is 29.6. The van der Waals surface area contributed by atoms with Crippen molar-refractivity contribution in [3.8, 4) is 0 Å². The summed E-state index contributed by atoms with van der Waals surface area (Å²) in [6, 6.07) is -0.705. The Labute approximate surface area is 243 Å². The lowest BCUT2D eigenvalue weighted by Crippen LogP contribution is -2.60. The summed E-state index contributed by atoms with van der Waals surface area (Å²) in [5, 5.41) is 53.3. The third-order valence-corrected chi connectivity index (χ3v) is 7.96. The number of rotatable bonds is 25. The molecule has 9 nitrogen and oxygen atoms in total. The van der Waals surface area contributed by atoms with Gasteiger partial charge in [-0.15, -0.1) is 0 Å². The Kier molecular flexibility index (Phi) is 22.1. The van der Waals surface area contributed by atoms with Gasteiger partial charge < -0.3 is 40.3 Å². The molecule has 1 aliphatic heterocycles. The van der Waals surface area contributed by atoms with Crippen LogP contribution in [0.4, 0.5) is 0 Å². The molecule has 0 aliphatic carbocycles. The first-order valence-corrected chi connectivity index (χ1v) is 16.2. The fraction of sp³-hybridized carbons (Fsp3) is 0.968. The highest BCUT2D eigenvalue weighted by Gasteiger charge is 2.44. The molecule has 0 radical (unpaired) electrons. The molecule has 1 aliphatic rings. The van der Waals surface area contributed by atoms with Crippen molar-refractivity contribution in [3.63, 3.8) is 0 Å². The SMILES string of the molecule is CCCCCCCCCCCCCCCC(=O)NC(COC1OC(CO)C(O)C(O)C1O)C(O)CCCCCC. The van der Waals surface area contributed by atoms with E-state index >= 15 is 0 Å². The number of aliphatic hydroxyl groups is 5. The minimum Gasteiger partial charge on any atom is -0.394 e. The van der Waals surface area contributed by atoms with E-state index in [2.05, 4.69) is 19.2 Å². The Balaban J connectivity index is 2.38. The van der Waals surface area contributed by atoms with Crippen molar-refractivity contribution in [2.45, 2.75) is 179 Å². The van der Waals surface area contributed by atoms with E-state index in [0.29, 0.717) is 12.8 Å². The molecule has 0 aromatic rings. The predicted octanol–water partition coefficient (Wildman–Crippen LogP) is 4.10. The van der Waals surface area contributed by atoms with Gasteiger partial charge in [0.05, 0.1) is 25.4 Å². The van der Waals surface area contributed by atoms with Gasteiger partial charge in [0.15, 0.2) is 6.29 Å². The van der Waals surface area contributed by atoms with E-state index in [-0.39, 0.29) is 12.5 Å². The second-order valence-electron chi connectivity index (χ2n) is 11.6. The topological polar surface area (TPSA) is 149 Å². The third-order valence-electron chi connectivity index (χ3n) is 7.96. The van der Waals surface area contributed by atoms with Crippen LogP contribution in [-0.4, -0.2) is 87.5 Å². The van der Waals surface area contributed by atoms with E-state index in [4.69, 9.17) is 9.47 Å². The van der Waals surface area contributed by atoms with Crippen molar-refractivity contribution in [3.05, 3.63) is 0 Å². The van der Waals surface area contributed by atoms with Gasteiger partial charge in [-0.25, -0.2) is 0 Å². The number of carbonyl (C=O) groups excluding carboxylic acids is 1. The van der Waals surface area contributed by atoms with Gasteiger partial charge in [0, 0.05) is 6.42 Å². The summed E-state index contributed by atoms with van der Waals surface area (Å²) in [5.74, 6) is -0.155. The van der Waals surface area contributed by atoms with E-state index in [9.17, 15) is 30.3 Å². The molecule has 0 aromatic heterocycles. The number of amides is 1. The lowest BCUT2D eigenvalue weighted by atomic mass is 9.99. The molecule has 9 heteroatoms. The highest BCUT2D eigenvalue weighted by Crippen LogP contribution is 2.22. The summed E-state index contributed by atoms with van der Waals surface area (Å²) in [4.78, 5) is 12.7. The van der Waals surface area contributed by atoms with E-state index in [1.807, 2.05) is 0 Å². The molecule has 40 heavy (non-hydrogen) atoms. The average Bonchev–Trinajstić information content (AvgIpc) is 2.95. The molecule has 1 fully saturated rings. The Bertz CT molecular complexity index is 608. The largest absolute Gasteiger partial charge is 0.394 e. The molecule has 6 N–H and O–H groups in total. The highest BCUT2D eigenvalue weighted by atomic mass is 16.7. The van der Waals surface area contributed by atoms with Gasteiger partial charge in [0.1, 0.15) is 24.4 Å². The Morgan fingerprint density at radius 3 is 1.77 bits per heavy atom. The van der Waals surface area contributed by atoms with Crippen molar-refractivity contribution in [2.24, 2.45) is 0 Å². The Morgan fingerprint density at radius 1 is 0.750 bits per heavy atom. The predicted molar refractivity (Wildman–Crippen MR) is 157 cm³/mol. The molecule has 1 saturated heterocycles. The molecule has 238 valence electrons. The first-order chi connectivity index (χ1) is 19.3. The molecule has 7 atom stereocenters. The fourth-order valence-corrected chi connectivity index (χ4v) is 5.22. The third kappa shape index (κ3) is 16.0. The minimum atomic E-state index is -1.54. The summed E-state index contributed by atoms with van der Waals surface area (Å²) in [5.41, 5.74) is 0. The normalized spacial score (nSPS) is 24.6. The molecule has 0 bridgehead atoms. The molecule has 7 unspecified atom stereocenters. The standard InChI is InChI=1S/C31H61NO8/c1-3-5-7-9-10-11-12-13-14-15-16-17-19-21-27(35)32-24(25(34)20-18-8-6-4-2)23-39-31-30(38)29(37)28(36)26(22-33)40-31/h24-26,28-31,33-34,36-38H,3-23H2,1-2H3,(H,32,35). The lowest BCUT2D eigenvalue weighted by molar-refractivity contribution is -0.302. The molecule has 1 amide bonds. The van der Waals surface area contributed by atoms with Crippen LogP contribution in [-0.2, 0) is 14.3 Å². The molecule has 0 spiro atoms. The van der Waals surface area contributed by atoms with E-state index < -0.39 is 49.5 Å². The second-order valence-corrected chi connectivity index (χ2v) is 11.6. The summed E-state index contributed by atoms with van der Waals surface area (Å²) in [7, 11) is 0. The van der Waals surface area contributed by atoms with Gasteiger partial charge in [0.25, 0.3) is 0 Å². The minimum absolute atomic E-state index is 0.137. The first-order valence-electron chi connectivity index (χ1n) is 16.2. The fourth-order valence-electron chi connectivity index (χ4n) is 5.22. The number of ether oxygens (including phenoxy) is 2. The highest BCUT2D eigenvalue weighted by molar-refractivity contribution is 5.76. The van der Waals surface area contributed by atoms with Gasteiger partial charge in [-0.05, 0) is 12.8 Å². The van der Waals surface area contributed by atoms with Crippen LogP contribution in [0.15, 0.2) is 0 Å². The van der Waals surface area contributed by atoms with E-state index in [0.717, 1.165) is 44.9 Å². The smallest absolute Gasteiger partial charge is 0.220 e. The maximum atomic E-state index is 12.7. The molecular formula is C31H61NO8. The second kappa shape index (κ2) is 23.7. The van der Waals surface area contributed by atoms with Crippen molar-refractivity contribution in [2.75, 3.05) is 13.2 Å². The van der Waals surface area contributed by atoms with Gasteiger partial charge in [-0.1, -0.05) is 117 Å². The van der Waals surface area contributed by atoms with Crippen LogP contribution < -0.4 is 5.32 Å². The maximum absolute atomic E-state index is 12.7. The number of unbranched alkanes of at least 4 members (excludes halogenated alkanes) is 15. The zero-order valence-electron chi connectivity index (χ0n) is 25.4. The maximum Gasteiger partial charge on any atom is 0.220 e.